The van der Waals surface area contributed by atoms with Crippen LogP contribution in [0.15, 0.2) is 30.9 Å². The highest BCUT2D eigenvalue weighted by Crippen LogP contribution is 2.22. The van der Waals surface area contributed by atoms with Crippen LogP contribution in [0, 0.1) is 0 Å². The summed E-state index contributed by atoms with van der Waals surface area (Å²) >= 11 is 0. The zero-order chi connectivity index (χ0) is 11.3. The van der Waals surface area contributed by atoms with E-state index in [2.05, 4.69) is 6.58 Å². The van der Waals surface area contributed by atoms with Crippen LogP contribution in [-0.2, 0) is 0 Å². The lowest BCUT2D eigenvalue weighted by atomic mass is 10.2. The van der Waals surface area contributed by atoms with Gasteiger partial charge in [-0.25, -0.2) is 4.79 Å². The van der Waals surface area contributed by atoms with Gasteiger partial charge in [0.15, 0.2) is 0 Å². The third-order valence-corrected chi connectivity index (χ3v) is 1.73. The second-order valence-corrected chi connectivity index (χ2v) is 2.80. The molecular formula is C11H12O4. The first kappa shape index (κ1) is 11.1. The normalized spacial score (nSPS) is 9.40. The van der Waals surface area contributed by atoms with E-state index in [4.69, 9.17) is 14.6 Å². The molecule has 1 rings (SSSR count). The van der Waals surface area contributed by atoms with Crippen LogP contribution >= 0.6 is 0 Å². The van der Waals surface area contributed by atoms with Gasteiger partial charge < -0.3 is 14.6 Å². The molecule has 4 nitrogen and oxygen atoms in total. The Hall–Kier alpha value is -1.97. The summed E-state index contributed by atoms with van der Waals surface area (Å²) in [7, 11) is 1.47. The van der Waals surface area contributed by atoms with E-state index in [1.54, 1.807) is 12.1 Å². The smallest absolute Gasteiger partial charge is 0.335 e. The SMILES string of the molecule is C=CCOc1cc(OC)cc(C(=O)O)c1. The first-order chi connectivity index (χ1) is 7.17. The molecule has 4 heteroatoms. The van der Waals surface area contributed by atoms with Gasteiger partial charge in [-0.2, -0.15) is 0 Å². The maximum absolute atomic E-state index is 10.8. The molecule has 0 aliphatic carbocycles. The lowest BCUT2D eigenvalue weighted by Crippen LogP contribution is -2.00. The van der Waals surface area contributed by atoms with Crippen molar-refractivity contribution in [2.24, 2.45) is 0 Å². The molecule has 0 aliphatic heterocycles. The first-order valence-corrected chi connectivity index (χ1v) is 4.33. The summed E-state index contributed by atoms with van der Waals surface area (Å²) in [5, 5.41) is 8.82. The van der Waals surface area contributed by atoms with Crippen LogP contribution < -0.4 is 9.47 Å². The van der Waals surface area contributed by atoms with Crippen molar-refractivity contribution in [3.63, 3.8) is 0 Å². The molecule has 0 saturated carbocycles. The van der Waals surface area contributed by atoms with Gasteiger partial charge in [-0.05, 0) is 12.1 Å². The topological polar surface area (TPSA) is 55.8 Å². The molecule has 0 saturated heterocycles. The molecule has 0 unspecified atom stereocenters. The van der Waals surface area contributed by atoms with Crippen LogP contribution in [0.4, 0.5) is 0 Å². The van der Waals surface area contributed by atoms with Crippen LogP contribution in [0.1, 0.15) is 10.4 Å². The molecular weight excluding hydrogens is 196 g/mol. The minimum atomic E-state index is -1.02. The fourth-order valence-corrected chi connectivity index (χ4v) is 1.05. The largest absolute Gasteiger partial charge is 0.497 e. The third kappa shape index (κ3) is 3.02. The molecule has 0 amide bonds. The van der Waals surface area contributed by atoms with Crippen molar-refractivity contribution < 1.29 is 19.4 Å². The lowest BCUT2D eigenvalue weighted by Gasteiger charge is -2.07. The molecule has 0 spiro atoms. The summed E-state index contributed by atoms with van der Waals surface area (Å²) in [5.41, 5.74) is 0.133. The zero-order valence-corrected chi connectivity index (χ0v) is 8.40. The molecule has 0 atom stereocenters. The summed E-state index contributed by atoms with van der Waals surface area (Å²) in [6.45, 7) is 3.83. The van der Waals surface area contributed by atoms with E-state index in [0.29, 0.717) is 18.1 Å². The minimum Gasteiger partial charge on any atom is -0.497 e. The van der Waals surface area contributed by atoms with Crippen LogP contribution in [0.2, 0.25) is 0 Å². The van der Waals surface area contributed by atoms with Gasteiger partial charge in [0.25, 0.3) is 0 Å². The lowest BCUT2D eigenvalue weighted by molar-refractivity contribution is 0.0696. The van der Waals surface area contributed by atoms with Gasteiger partial charge in [0.2, 0.25) is 0 Å². The maximum Gasteiger partial charge on any atom is 0.335 e. The summed E-state index contributed by atoms with van der Waals surface area (Å²) in [4.78, 5) is 10.8. The summed E-state index contributed by atoms with van der Waals surface area (Å²) < 4.78 is 10.2. The van der Waals surface area contributed by atoms with E-state index >= 15 is 0 Å². The molecule has 0 radical (unpaired) electrons. The summed E-state index contributed by atoms with van der Waals surface area (Å²) in [6.07, 6.45) is 1.58. The molecule has 0 aliphatic rings. The van der Waals surface area contributed by atoms with E-state index in [1.165, 1.54) is 19.2 Å². The van der Waals surface area contributed by atoms with Crippen molar-refractivity contribution in [1.29, 1.82) is 0 Å². The number of rotatable bonds is 5. The van der Waals surface area contributed by atoms with Gasteiger partial charge >= 0.3 is 5.97 Å². The average molecular weight is 208 g/mol. The Morgan fingerprint density at radius 2 is 2.13 bits per heavy atom. The number of carboxylic acid groups (broad SMARTS) is 1. The van der Waals surface area contributed by atoms with E-state index in [-0.39, 0.29) is 5.56 Å². The highest BCUT2D eigenvalue weighted by molar-refractivity contribution is 5.88. The van der Waals surface area contributed by atoms with Crippen LogP contribution in [0.3, 0.4) is 0 Å². The molecule has 1 aromatic carbocycles. The first-order valence-electron chi connectivity index (χ1n) is 4.33. The Bertz CT molecular complexity index is 371. The second-order valence-electron chi connectivity index (χ2n) is 2.80. The Kier molecular flexibility index (Phi) is 3.74. The maximum atomic E-state index is 10.8. The van der Waals surface area contributed by atoms with Crippen molar-refractivity contribution in [2.75, 3.05) is 13.7 Å². The number of benzene rings is 1. The summed E-state index contributed by atoms with van der Waals surface area (Å²) in [5.74, 6) is -0.113. The van der Waals surface area contributed by atoms with Gasteiger partial charge in [0, 0.05) is 6.07 Å². The molecule has 0 bridgehead atoms. The monoisotopic (exact) mass is 208 g/mol. The quantitative estimate of drug-likeness (QED) is 0.751. The van der Waals surface area contributed by atoms with E-state index in [1.807, 2.05) is 0 Å². The van der Waals surface area contributed by atoms with Crippen LogP contribution in [0.5, 0.6) is 11.5 Å². The predicted molar refractivity (Wildman–Crippen MR) is 55.6 cm³/mol. The molecule has 1 N–H and O–H groups in total. The molecule has 80 valence electrons. The highest BCUT2D eigenvalue weighted by Gasteiger charge is 2.07. The number of methoxy groups -OCH3 is 1. The third-order valence-electron chi connectivity index (χ3n) is 1.73. The number of ether oxygens (including phenoxy) is 2. The Morgan fingerprint density at radius 3 is 2.67 bits per heavy atom. The number of hydrogen-bond acceptors (Lipinski definition) is 3. The van der Waals surface area contributed by atoms with Crippen molar-refractivity contribution in [3.8, 4) is 11.5 Å². The van der Waals surface area contributed by atoms with Gasteiger partial charge in [0.1, 0.15) is 18.1 Å². The standard InChI is InChI=1S/C11H12O4/c1-3-4-15-10-6-8(11(12)13)5-9(7-10)14-2/h3,5-7H,1,4H2,2H3,(H,12,13). The number of aromatic carboxylic acids is 1. The zero-order valence-electron chi connectivity index (χ0n) is 8.40. The van der Waals surface area contributed by atoms with Crippen molar-refractivity contribution >= 4 is 5.97 Å². The van der Waals surface area contributed by atoms with Crippen LogP contribution in [0.25, 0.3) is 0 Å². The molecule has 0 aromatic heterocycles. The average Bonchev–Trinajstić information content (AvgIpc) is 2.25. The molecule has 0 heterocycles. The number of carbonyl (C=O) groups is 1. The fourth-order valence-electron chi connectivity index (χ4n) is 1.05. The Morgan fingerprint density at radius 1 is 1.47 bits per heavy atom. The van der Waals surface area contributed by atoms with Gasteiger partial charge in [0.05, 0.1) is 12.7 Å². The van der Waals surface area contributed by atoms with E-state index in [0.717, 1.165) is 0 Å². The predicted octanol–water partition coefficient (Wildman–Crippen LogP) is 1.96. The van der Waals surface area contributed by atoms with Crippen molar-refractivity contribution in [2.45, 2.75) is 0 Å². The fraction of sp³-hybridized carbons (Fsp3) is 0.182. The Labute approximate surface area is 87.7 Å². The minimum absolute atomic E-state index is 0.133. The van der Waals surface area contributed by atoms with Crippen molar-refractivity contribution in [3.05, 3.63) is 36.4 Å². The van der Waals surface area contributed by atoms with E-state index < -0.39 is 5.97 Å². The summed E-state index contributed by atoms with van der Waals surface area (Å²) in [6, 6.07) is 4.49. The van der Waals surface area contributed by atoms with E-state index in [9.17, 15) is 4.79 Å². The molecule has 15 heavy (non-hydrogen) atoms. The second kappa shape index (κ2) is 5.05. The van der Waals surface area contributed by atoms with Crippen LogP contribution in [-0.4, -0.2) is 24.8 Å². The van der Waals surface area contributed by atoms with Gasteiger partial charge in [-0.1, -0.05) is 12.7 Å². The molecule has 1 aromatic rings. The Balaban J connectivity index is 2.99. The number of carboxylic acids is 1. The number of hydrogen-bond donors (Lipinski definition) is 1. The highest BCUT2D eigenvalue weighted by atomic mass is 16.5. The van der Waals surface area contributed by atoms with Gasteiger partial charge in [-0.15, -0.1) is 0 Å². The van der Waals surface area contributed by atoms with Crippen molar-refractivity contribution in [1.82, 2.24) is 0 Å². The van der Waals surface area contributed by atoms with Gasteiger partial charge in [-0.3, -0.25) is 0 Å². The molecule has 0 fully saturated rings.